The summed E-state index contributed by atoms with van der Waals surface area (Å²) in [6.07, 6.45) is 1.38. The van der Waals surface area contributed by atoms with E-state index < -0.39 is 0 Å². The van der Waals surface area contributed by atoms with Crippen LogP contribution in [0.2, 0.25) is 0 Å². The van der Waals surface area contributed by atoms with Crippen LogP contribution in [0, 0.1) is 0 Å². The fourth-order valence-corrected chi connectivity index (χ4v) is 2.11. The van der Waals surface area contributed by atoms with Crippen LogP contribution in [0.4, 0.5) is 0 Å². The summed E-state index contributed by atoms with van der Waals surface area (Å²) in [5, 5.41) is 2.80. The van der Waals surface area contributed by atoms with Crippen LogP contribution in [-0.4, -0.2) is 27.2 Å². The Morgan fingerprint density at radius 2 is 1.71 bits per heavy atom. The van der Waals surface area contributed by atoms with Gasteiger partial charge >= 0.3 is 0 Å². The predicted molar refractivity (Wildman–Crippen MR) is 91.1 cm³/mol. The van der Waals surface area contributed by atoms with Crippen molar-refractivity contribution in [2.75, 3.05) is 21.3 Å². The van der Waals surface area contributed by atoms with Gasteiger partial charge in [0.05, 0.1) is 33.4 Å². The average molecular weight is 357 g/mol. The number of hydrogen-bond donors (Lipinski definition) is 2. The van der Waals surface area contributed by atoms with E-state index in [1.807, 2.05) is 0 Å². The third-order valence-corrected chi connectivity index (χ3v) is 3.34. The van der Waals surface area contributed by atoms with E-state index in [9.17, 15) is 4.79 Å². The number of hydrogen-bond acceptors (Lipinski definition) is 6. The number of methoxy groups -OCH3 is 3. The molecule has 2 aromatic rings. The van der Waals surface area contributed by atoms with Gasteiger partial charge in [0.1, 0.15) is 17.8 Å². The van der Waals surface area contributed by atoms with Crippen LogP contribution in [0.1, 0.15) is 21.7 Å². The van der Waals surface area contributed by atoms with Gasteiger partial charge in [-0.3, -0.25) is 4.79 Å². The number of nitrogens with one attached hydrogen (secondary N) is 1. The van der Waals surface area contributed by atoms with Crippen molar-refractivity contribution in [1.29, 1.82) is 0 Å². The summed E-state index contributed by atoms with van der Waals surface area (Å²) in [6.45, 7) is 0.516. The molecule has 0 aliphatic heterocycles. The van der Waals surface area contributed by atoms with Gasteiger partial charge in [0.25, 0.3) is 5.91 Å². The van der Waals surface area contributed by atoms with Gasteiger partial charge in [-0.1, -0.05) is 0 Å². The standard InChI is InChI=1S/C16H20N2O5.ClH/c1-20-13-6-15(22-3)14(21-2)5-10(13)8-18-16(19)11-4-12(7-17)23-9-11;/h4-6,9H,7-8,17H2,1-3H3,(H,18,19);1H. The topological polar surface area (TPSA) is 96.0 Å². The lowest BCUT2D eigenvalue weighted by Crippen LogP contribution is -2.22. The third-order valence-electron chi connectivity index (χ3n) is 3.34. The van der Waals surface area contributed by atoms with Gasteiger partial charge in [-0.25, -0.2) is 0 Å². The van der Waals surface area contributed by atoms with E-state index in [4.69, 9.17) is 24.4 Å². The largest absolute Gasteiger partial charge is 0.496 e. The quantitative estimate of drug-likeness (QED) is 0.788. The fraction of sp³-hybridized carbons (Fsp3) is 0.312. The maximum absolute atomic E-state index is 12.1. The van der Waals surface area contributed by atoms with Crippen LogP contribution >= 0.6 is 12.4 Å². The van der Waals surface area contributed by atoms with Crippen LogP contribution in [0.5, 0.6) is 17.2 Å². The van der Waals surface area contributed by atoms with Crippen molar-refractivity contribution < 1.29 is 23.4 Å². The predicted octanol–water partition coefficient (Wildman–Crippen LogP) is 2.12. The van der Waals surface area contributed by atoms with Gasteiger partial charge in [-0.2, -0.15) is 0 Å². The van der Waals surface area contributed by atoms with E-state index in [-0.39, 0.29) is 31.4 Å². The fourth-order valence-electron chi connectivity index (χ4n) is 2.11. The van der Waals surface area contributed by atoms with Gasteiger partial charge in [-0.05, 0) is 12.1 Å². The summed E-state index contributed by atoms with van der Waals surface area (Å²) in [4.78, 5) is 12.1. The second-order valence-corrected chi connectivity index (χ2v) is 4.71. The Morgan fingerprint density at radius 3 is 2.25 bits per heavy atom. The summed E-state index contributed by atoms with van der Waals surface area (Å²) >= 11 is 0. The SMILES string of the molecule is COc1cc(OC)c(OC)cc1CNC(=O)c1coc(CN)c1.Cl. The van der Waals surface area contributed by atoms with Gasteiger partial charge in [0.15, 0.2) is 11.5 Å². The average Bonchev–Trinajstić information content (AvgIpc) is 3.07. The molecule has 0 bridgehead atoms. The van der Waals surface area contributed by atoms with Crippen LogP contribution in [0.15, 0.2) is 28.9 Å². The molecule has 2 rings (SSSR count). The van der Waals surface area contributed by atoms with Crippen LogP contribution in [0.25, 0.3) is 0 Å². The van der Waals surface area contributed by atoms with Crippen LogP contribution in [0.3, 0.4) is 0 Å². The van der Waals surface area contributed by atoms with Crippen molar-refractivity contribution in [3.63, 3.8) is 0 Å². The van der Waals surface area contributed by atoms with Crippen molar-refractivity contribution in [2.45, 2.75) is 13.1 Å². The highest BCUT2D eigenvalue weighted by atomic mass is 35.5. The monoisotopic (exact) mass is 356 g/mol. The number of amides is 1. The number of rotatable bonds is 7. The first-order valence-corrected chi connectivity index (χ1v) is 6.97. The Balaban J connectivity index is 0.00000288. The van der Waals surface area contributed by atoms with E-state index in [0.29, 0.717) is 28.6 Å². The van der Waals surface area contributed by atoms with E-state index in [1.165, 1.54) is 6.26 Å². The molecule has 132 valence electrons. The number of carbonyl (C=O) groups is 1. The zero-order valence-electron chi connectivity index (χ0n) is 13.8. The Hall–Kier alpha value is -2.38. The number of benzene rings is 1. The number of ether oxygens (including phenoxy) is 3. The van der Waals surface area contributed by atoms with E-state index in [2.05, 4.69) is 5.32 Å². The van der Waals surface area contributed by atoms with Crippen LogP contribution < -0.4 is 25.3 Å². The molecular formula is C16H21ClN2O5. The zero-order chi connectivity index (χ0) is 16.8. The molecule has 0 spiro atoms. The van der Waals surface area contributed by atoms with Crippen molar-refractivity contribution >= 4 is 18.3 Å². The maximum atomic E-state index is 12.1. The molecule has 0 atom stereocenters. The minimum absolute atomic E-state index is 0. The molecular weight excluding hydrogens is 336 g/mol. The maximum Gasteiger partial charge on any atom is 0.254 e. The molecule has 0 fully saturated rings. The Labute approximate surface area is 146 Å². The summed E-state index contributed by atoms with van der Waals surface area (Å²) < 4.78 is 21.0. The van der Waals surface area contributed by atoms with Gasteiger partial charge < -0.3 is 29.7 Å². The molecule has 7 nitrogen and oxygen atoms in total. The van der Waals surface area contributed by atoms with E-state index in [1.54, 1.807) is 39.5 Å². The first-order chi connectivity index (χ1) is 11.1. The van der Waals surface area contributed by atoms with Crippen molar-refractivity contribution in [3.05, 3.63) is 41.3 Å². The molecule has 0 unspecified atom stereocenters. The Bertz CT molecular complexity index is 687. The molecule has 0 aliphatic rings. The molecule has 0 saturated heterocycles. The molecule has 1 heterocycles. The second kappa shape index (κ2) is 9.05. The Kier molecular flexibility index (Phi) is 7.41. The van der Waals surface area contributed by atoms with Gasteiger partial charge in [0.2, 0.25) is 0 Å². The molecule has 1 amide bonds. The Morgan fingerprint density at radius 1 is 1.08 bits per heavy atom. The molecule has 0 aliphatic carbocycles. The highest BCUT2D eigenvalue weighted by Crippen LogP contribution is 2.34. The molecule has 3 N–H and O–H groups in total. The summed E-state index contributed by atoms with van der Waals surface area (Å²) in [7, 11) is 4.65. The summed E-state index contributed by atoms with van der Waals surface area (Å²) in [5.74, 6) is 2.01. The first kappa shape index (κ1) is 19.7. The lowest BCUT2D eigenvalue weighted by atomic mass is 10.1. The molecule has 0 radical (unpaired) electrons. The second-order valence-electron chi connectivity index (χ2n) is 4.71. The smallest absolute Gasteiger partial charge is 0.254 e. The zero-order valence-corrected chi connectivity index (χ0v) is 14.6. The number of nitrogens with two attached hydrogens (primary N) is 1. The van der Waals surface area contributed by atoms with Crippen molar-refractivity contribution in [3.8, 4) is 17.2 Å². The third kappa shape index (κ3) is 4.33. The molecule has 1 aromatic carbocycles. The van der Waals surface area contributed by atoms with Crippen molar-refractivity contribution in [2.24, 2.45) is 5.73 Å². The van der Waals surface area contributed by atoms with E-state index >= 15 is 0 Å². The van der Waals surface area contributed by atoms with Gasteiger partial charge in [0, 0.05) is 18.2 Å². The summed E-state index contributed by atoms with van der Waals surface area (Å²) in [6, 6.07) is 5.09. The summed E-state index contributed by atoms with van der Waals surface area (Å²) in [5.41, 5.74) is 6.64. The van der Waals surface area contributed by atoms with Crippen molar-refractivity contribution in [1.82, 2.24) is 5.32 Å². The molecule has 1 aromatic heterocycles. The highest BCUT2D eigenvalue weighted by molar-refractivity contribution is 5.94. The minimum atomic E-state index is -0.259. The molecule has 24 heavy (non-hydrogen) atoms. The van der Waals surface area contributed by atoms with Gasteiger partial charge in [-0.15, -0.1) is 12.4 Å². The van der Waals surface area contributed by atoms with E-state index in [0.717, 1.165) is 5.56 Å². The highest BCUT2D eigenvalue weighted by Gasteiger charge is 2.14. The number of furan rings is 1. The normalized spacial score (nSPS) is 9.83. The number of carbonyl (C=O) groups excluding carboxylic acids is 1. The molecule has 8 heteroatoms. The first-order valence-electron chi connectivity index (χ1n) is 6.97. The molecule has 0 saturated carbocycles. The van der Waals surface area contributed by atoms with Crippen LogP contribution in [-0.2, 0) is 13.1 Å². The number of halogens is 1. The lowest BCUT2D eigenvalue weighted by Gasteiger charge is -2.14. The lowest BCUT2D eigenvalue weighted by molar-refractivity contribution is 0.0950. The minimum Gasteiger partial charge on any atom is -0.496 e.